The Bertz CT molecular complexity index is 1350. The summed E-state index contributed by atoms with van der Waals surface area (Å²) in [5, 5.41) is 4.85. The van der Waals surface area contributed by atoms with Crippen LogP contribution in [0.4, 0.5) is 9.59 Å². The SMILES string of the molecule is CC(C)(C)OC(=O)N[C@@H](CC(=O)CNC(=O)OCC1c2ccccc2-c2ccccc21)C(=O)OCc1ccccc1. The minimum absolute atomic E-state index is 0.0294. The number of esters is 1. The number of benzene rings is 3. The van der Waals surface area contributed by atoms with Gasteiger partial charge in [-0.1, -0.05) is 78.9 Å². The van der Waals surface area contributed by atoms with Gasteiger partial charge in [-0.15, -0.1) is 0 Å². The molecule has 2 amide bonds. The fourth-order valence-corrected chi connectivity index (χ4v) is 4.59. The number of alkyl carbamates (subject to hydrolysis) is 2. The van der Waals surface area contributed by atoms with Gasteiger partial charge in [-0.2, -0.15) is 0 Å². The number of carbonyl (C=O) groups excluding carboxylic acids is 4. The number of carbonyl (C=O) groups is 4. The molecule has 214 valence electrons. The monoisotopic (exact) mass is 558 g/mol. The zero-order valence-corrected chi connectivity index (χ0v) is 23.3. The largest absolute Gasteiger partial charge is 0.459 e. The highest BCUT2D eigenvalue weighted by atomic mass is 16.6. The molecule has 4 rings (SSSR count). The molecule has 41 heavy (non-hydrogen) atoms. The van der Waals surface area contributed by atoms with E-state index in [-0.39, 0.29) is 19.1 Å². The molecule has 3 aromatic rings. The number of fused-ring (bicyclic) bond motifs is 3. The average molecular weight is 559 g/mol. The minimum Gasteiger partial charge on any atom is -0.459 e. The normalized spacial score (nSPS) is 12.9. The molecular formula is C32H34N2O7. The Morgan fingerprint density at radius 2 is 1.37 bits per heavy atom. The van der Waals surface area contributed by atoms with E-state index in [1.54, 1.807) is 45.0 Å². The number of rotatable bonds is 10. The van der Waals surface area contributed by atoms with Gasteiger partial charge in [-0.05, 0) is 48.6 Å². The summed E-state index contributed by atoms with van der Waals surface area (Å²) in [5.74, 6) is -1.42. The Morgan fingerprint density at radius 3 is 1.98 bits per heavy atom. The predicted octanol–water partition coefficient (Wildman–Crippen LogP) is 5.12. The van der Waals surface area contributed by atoms with Crippen LogP contribution in [0.5, 0.6) is 0 Å². The second-order valence-corrected chi connectivity index (χ2v) is 10.7. The van der Waals surface area contributed by atoms with Gasteiger partial charge in [0.05, 0.1) is 6.54 Å². The van der Waals surface area contributed by atoms with E-state index in [2.05, 4.69) is 10.6 Å². The fraction of sp³-hybridized carbons (Fsp3) is 0.312. The zero-order chi connectivity index (χ0) is 29.4. The summed E-state index contributed by atoms with van der Waals surface area (Å²) in [6.45, 7) is 4.71. The van der Waals surface area contributed by atoms with Gasteiger partial charge in [0.25, 0.3) is 0 Å². The van der Waals surface area contributed by atoms with Crippen molar-refractivity contribution in [3.63, 3.8) is 0 Å². The topological polar surface area (TPSA) is 120 Å². The molecule has 0 aromatic heterocycles. The molecule has 0 bridgehead atoms. The van der Waals surface area contributed by atoms with Gasteiger partial charge >= 0.3 is 18.2 Å². The van der Waals surface area contributed by atoms with Crippen LogP contribution in [0.25, 0.3) is 11.1 Å². The highest BCUT2D eigenvalue weighted by Crippen LogP contribution is 2.44. The van der Waals surface area contributed by atoms with Crippen molar-refractivity contribution in [1.82, 2.24) is 10.6 Å². The zero-order valence-electron chi connectivity index (χ0n) is 23.3. The molecule has 0 unspecified atom stereocenters. The number of hydrogen-bond acceptors (Lipinski definition) is 7. The first kappa shape index (κ1) is 29.3. The van der Waals surface area contributed by atoms with E-state index >= 15 is 0 Å². The van der Waals surface area contributed by atoms with Crippen LogP contribution in [0.3, 0.4) is 0 Å². The maximum absolute atomic E-state index is 12.8. The van der Waals surface area contributed by atoms with E-state index in [9.17, 15) is 19.2 Å². The third kappa shape index (κ3) is 8.17. The highest BCUT2D eigenvalue weighted by Gasteiger charge is 2.30. The smallest absolute Gasteiger partial charge is 0.408 e. The first-order chi connectivity index (χ1) is 19.6. The van der Waals surface area contributed by atoms with Gasteiger partial charge in [-0.25, -0.2) is 14.4 Å². The van der Waals surface area contributed by atoms with E-state index in [0.717, 1.165) is 27.8 Å². The number of hydrogen-bond donors (Lipinski definition) is 2. The molecule has 1 atom stereocenters. The molecule has 9 nitrogen and oxygen atoms in total. The van der Waals surface area contributed by atoms with Crippen LogP contribution in [0.1, 0.15) is 49.8 Å². The summed E-state index contributed by atoms with van der Waals surface area (Å²) < 4.78 is 16.0. The molecule has 0 saturated heterocycles. The standard InChI is InChI=1S/C32H34N2O7/c1-32(2,3)41-31(38)34-28(29(36)39-19-21-11-5-4-6-12-21)17-22(35)18-33-30(37)40-20-27-25-15-9-7-13-23(25)24-14-8-10-16-26(24)27/h4-16,27-28H,17-20H2,1-3H3,(H,33,37)(H,34,38)/t28-/m0/s1. The van der Waals surface area contributed by atoms with Gasteiger partial charge in [0.2, 0.25) is 0 Å². The van der Waals surface area contributed by atoms with E-state index in [0.29, 0.717) is 0 Å². The molecule has 9 heteroatoms. The van der Waals surface area contributed by atoms with E-state index in [4.69, 9.17) is 14.2 Å². The van der Waals surface area contributed by atoms with Crippen molar-refractivity contribution >= 4 is 23.9 Å². The van der Waals surface area contributed by atoms with E-state index in [1.165, 1.54) is 0 Å². The van der Waals surface area contributed by atoms with Gasteiger partial charge in [0.15, 0.2) is 5.78 Å². The molecule has 2 N–H and O–H groups in total. The molecule has 0 spiro atoms. The number of Topliss-reactive ketones (excluding diaryl/α,β-unsaturated/α-hetero) is 1. The van der Waals surface area contributed by atoms with Crippen molar-refractivity contribution in [1.29, 1.82) is 0 Å². The number of nitrogens with one attached hydrogen (secondary N) is 2. The van der Waals surface area contributed by atoms with Crippen LogP contribution < -0.4 is 10.6 Å². The molecule has 3 aromatic carbocycles. The Hall–Kier alpha value is -4.66. The molecule has 0 heterocycles. The van der Waals surface area contributed by atoms with Gasteiger partial charge in [-0.3, -0.25) is 4.79 Å². The fourth-order valence-electron chi connectivity index (χ4n) is 4.59. The van der Waals surface area contributed by atoms with Crippen molar-refractivity contribution < 1.29 is 33.4 Å². The number of ketones is 1. The third-order valence-electron chi connectivity index (χ3n) is 6.40. The second-order valence-electron chi connectivity index (χ2n) is 10.7. The Kier molecular flexibility index (Phi) is 9.39. The summed E-state index contributed by atoms with van der Waals surface area (Å²) in [6, 6.07) is 23.7. The molecule has 0 radical (unpaired) electrons. The van der Waals surface area contributed by atoms with Crippen molar-refractivity contribution in [2.45, 2.75) is 51.4 Å². The van der Waals surface area contributed by atoms with Crippen LogP contribution in [0.15, 0.2) is 78.9 Å². The maximum Gasteiger partial charge on any atom is 0.408 e. The molecule has 0 fully saturated rings. The van der Waals surface area contributed by atoms with E-state index < -0.39 is 48.5 Å². The highest BCUT2D eigenvalue weighted by molar-refractivity contribution is 5.91. The van der Waals surface area contributed by atoms with E-state index in [1.807, 2.05) is 54.6 Å². The quantitative estimate of drug-likeness (QED) is 0.262. The van der Waals surface area contributed by atoms with Crippen LogP contribution in [0, 0.1) is 0 Å². The lowest BCUT2D eigenvalue weighted by Gasteiger charge is -2.22. The van der Waals surface area contributed by atoms with Crippen molar-refractivity contribution in [3.8, 4) is 11.1 Å². The lowest BCUT2D eigenvalue weighted by molar-refractivity contribution is -0.148. The average Bonchev–Trinajstić information content (AvgIpc) is 3.26. The van der Waals surface area contributed by atoms with Gasteiger partial charge < -0.3 is 24.8 Å². The van der Waals surface area contributed by atoms with Gasteiger partial charge in [0.1, 0.15) is 24.9 Å². The molecular weight excluding hydrogens is 524 g/mol. The Labute approximate surface area is 239 Å². The number of amides is 2. The lowest BCUT2D eigenvalue weighted by Crippen LogP contribution is -2.46. The second kappa shape index (κ2) is 13.1. The maximum atomic E-state index is 12.8. The summed E-state index contributed by atoms with van der Waals surface area (Å²) >= 11 is 0. The summed E-state index contributed by atoms with van der Waals surface area (Å²) in [6.07, 6.45) is -2.03. The van der Waals surface area contributed by atoms with Gasteiger partial charge in [0, 0.05) is 12.3 Å². The van der Waals surface area contributed by atoms with Crippen LogP contribution >= 0.6 is 0 Å². The Balaban J connectivity index is 1.31. The third-order valence-corrected chi connectivity index (χ3v) is 6.40. The van der Waals surface area contributed by atoms with Crippen molar-refractivity contribution in [3.05, 3.63) is 95.6 Å². The summed E-state index contributed by atoms with van der Waals surface area (Å²) in [5.41, 5.74) is 4.30. The van der Waals surface area contributed by atoms with Crippen LogP contribution in [-0.4, -0.2) is 48.7 Å². The molecule has 1 aliphatic carbocycles. The lowest BCUT2D eigenvalue weighted by atomic mass is 9.98. The van der Waals surface area contributed by atoms with Crippen molar-refractivity contribution in [2.24, 2.45) is 0 Å². The predicted molar refractivity (Wildman–Crippen MR) is 152 cm³/mol. The van der Waals surface area contributed by atoms with Crippen molar-refractivity contribution in [2.75, 3.05) is 13.2 Å². The molecule has 1 aliphatic rings. The minimum atomic E-state index is -1.30. The summed E-state index contributed by atoms with van der Waals surface area (Å²) in [4.78, 5) is 50.3. The summed E-state index contributed by atoms with van der Waals surface area (Å²) in [7, 11) is 0. The number of ether oxygens (including phenoxy) is 3. The first-order valence-corrected chi connectivity index (χ1v) is 13.4. The molecule has 0 aliphatic heterocycles. The Morgan fingerprint density at radius 1 is 0.780 bits per heavy atom. The van der Waals surface area contributed by atoms with Crippen LogP contribution in [0.2, 0.25) is 0 Å². The first-order valence-electron chi connectivity index (χ1n) is 13.4. The van der Waals surface area contributed by atoms with Crippen LogP contribution in [-0.2, 0) is 30.4 Å². The molecule has 0 saturated carbocycles.